The summed E-state index contributed by atoms with van der Waals surface area (Å²) in [6.45, 7) is 3.39. The minimum Gasteiger partial charge on any atom is -0.272 e. The normalized spacial score (nSPS) is 9.47. The Kier molecular flexibility index (Phi) is 3.39. The number of nitrogens with zero attached hydrogens (tertiary/aromatic N) is 4. The van der Waals surface area contributed by atoms with Gasteiger partial charge in [-0.05, 0) is 13.8 Å². The van der Waals surface area contributed by atoms with E-state index in [0.717, 1.165) is 0 Å². The molecule has 1 N–H and O–H groups in total. The van der Waals surface area contributed by atoms with Gasteiger partial charge in [-0.3, -0.25) is 5.32 Å². The van der Waals surface area contributed by atoms with Crippen molar-refractivity contribution < 1.29 is 13.2 Å². The van der Waals surface area contributed by atoms with Crippen LogP contribution in [-0.2, 0) is 10.5 Å². The van der Waals surface area contributed by atoms with E-state index >= 15 is 0 Å². The summed E-state index contributed by atoms with van der Waals surface area (Å²) in [5.41, 5.74) is 1.21. The van der Waals surface area contributed by atoms with Crippen molar-refractivity contribution in [3.05, 3.63) is 11.4 Å². The Labute approximate surface area is 86.5 Å². The number of carbonyl (C=O) groups excluding carboxylic acids is 1. The molecule has 0 unspecified atom stereocenters. The molecule has 0 bridgehead atoms. The van der Waals surface area contributed by atoms with E-state index in [1.165, 1.54) is 0 Å². The van der Waals surface area contributed by atoms with Gasteiger partial charge in [-0.2, -0.15) is 13.5 Å². The maximum Gasteiger partial charge on any atom is 0.362 e. The Hall–Kier alpha value is -1.90. The number of nitrogens with one attached hydrogen (secondary N) is 1. The number of hydrogen-bond donors (Lipinski definition) is 1. The van der Waals surface area contributed by atoms with E-state index in [1.54, 1.807) is 13.8 Å². The summed E-state index contributed by atoms with van der Waals surface area (Å²) in [6.07, 6.45) is 0. The fourth-order valence-corrected chi connectivity index (χ4v) is 0.877. The number of aryl methyl sites for hydroxylation is 2. The van der Waals surface area contributed by atoms with Gasteiger partial charge in [-0.15, -0.1) is 5.10 Å². The first-order chi connectivity index (χ1) is 6.99. The largest absolute Gasteiger partial charge is 0.362 e. The van der Waals surface area contributed by atoms with Crippen molar-refractivity contribution in [1.82, 2.24) is 15.2 Å². The molecule has 0 aliphatic heterocycles. The Morgan fingerprint density at radius 3 is 2.47 bits per heavy atom. The molecule has 1 aromatic heterocycles. The second-order valence-corrected chi connectivity index (χ2v) is 3.16. The van der Waals surface area contributed by atoms with Crippen molar-refractivity contribution in [2.24, 2.45) is 4.36 Å². The molecule has 0 atom stereocenters. The van der Waals surface area contributed by atoms with E-state index in [9.17, 15) is 13.2 Å². The third-order valence-corrected chi connectivity index (χ3v) is 1.78. The minimum absolute atomic E-state index is 0.0858. The van der Waals surface area contributed by atoms with E-state index < -0.39 is 16.5 Å². The zero-order valence-electron chi connectivity index (χ0n) is 7.92. The highest BCUT2D eigenvalue weighted by Crippen LogP contribution is 2.01. The number of carbonyl (C=O) groups is 1. The van der Waals surface area contributed by atoms with Crippen LogP contribution in [0.1, 0.15) is 11.4 Å². The third-order valence-electron chi connectivity index (χ3n) is 1.47. The lowest BCUT2D eigenvalue weighted by Crippen LogP contribution is -2.11. The smallest absolute Gasteiger partial charge is 0.272 e. The monoisotopic (exact) mass is 229 g/mol. The predicted octanol–water partition coefficient (Wildman–Crippen LogP) is 0.0830. The molecule has 0 saturated carbocycles. The first kappa shape index (κ1) is 11.2. The van der Waals surface area contributed by atoms with Crippen LogP contribution < -0.4 is 5.32 Å². The van der Waals surface area contributed by atoms with E-state index in [2.05, 4.69) is 24.9 Å². The molecule has 0 spiro atoms. The average Bonchev–Trinajstić information content (AvgIpc) is 2.10. The molecule has 0 radical (unpaired) electrons. The zero-order valence-corrected chi connectivity index (χ0v) is 8.74. The maximum atomic E-state index is 10.8. The van der Waals surface area contributed by atoms with Crippen molar-refractivity contribution in [2.75, 3.05) is 5.32 Å². The van der Waals surface area contributed by atoms with Crippen LogP contribution in [0.25, 0.3) is 0 Å². The Morgan fingerprint density at radius 1 is 1.27 bits per heavy atom. The van der Waals surface area contributed by atoms with Gasteiger partial charge in [0.1, 0.15) is 0 Å². The maximum absolute atomic E-state index is 10.8. The summed E-state index contributed by atoms with van der Waals surface area (Å²) < 4.78 is 22.8. The molecule has 0 fully saturated rings. The second kappa shape index (κ2) is 4.55. The summed E-state index contributed by atoms with van der Waals surface area (Å²) >= 11 is 0. The Balaban J connectivity index is 2.87. The molecule has 8 nitrogen and oxygen atoms in total. The first-order valence-electron chi connectivity index (χ1n) is 3.79. The Morgan fingerprint density at radius 2 is 1.93 bits per heavy atom. The first-order valence-corrected chi connectivity index (χ1v) is 4.82. The van der Waals surface area contributed by atoms with Crippen LogP contribution in [0.5, 0.6) is 0 Å². The van der Waals surface area contributed by atoms with Crippen LogP contribution in [-0.4, -0.2) is 29.6 Å². The van der Waals surface area contributed by atoms with Crippen LogP contribution in [0.4, 0.5) is 10.7 Å². The van der Waals surface area contributed by atoms with Crippen LogP contribution in [0.2, 0.25) is 0 Å². The molecule has 0 aliphatic rings. The quantitative estimate of drug-likeness (QED) is 0.729. The van der Waals surface area contributed by atoms with Crippen LogP contribution >= 0.6 is 0 Å². The predicted molar refractivity (Wildman–Crippen MR) is 49.7 cm³/mol. The number of rotatable bonds is 1. The third kappa shape index (κ3) is 3.38. The van der Waals surface area contributed by atoms with Gasteiger partial charge in [0.25, 0.3) is 5.95 Å². The van der Waals surface area contributed by atoms with Crippen molar-refractivity contribution in [3.63, 3.8) is 0 Å². The number of amides is 2. The Bertz CT molecular complexity index is 516. The van der Waals surface area contributed by atoms with Crippen molar-refractivity contribution in [1.29, 1.82) is 0 Å². The molecule has 80 valence electrons. The molecule has 1 aromatic rings. The molecule has 1 heterocycles. The number of hydrogen-bond acceptors (Lipinski definition) is 6. The van der Waals surface area contributed by atoms with Crippen molar-refractivity contribution in [2.45, 2.75) is 13.8 Å². The fourth-order valence-electron chi connectivity index (χ4n) is 0.696. The standard InChI is InChI=1S/C6H7N5O3S/c1-3-4(2)9-10-5(7-3)8-6(12)11-15(13)14/h1-2H3,(H,7,8,10,12). The van der Waals surface area contributed by atoms with Crippen LogP contribution in [0.15, 0.2) is 4.36 Å². The molecular weight excluding hydrogens is 222 g/mol. The SMILES string of the molecule is Cc1nnc(NC(=O)N=S(=O)=O)nc1C. The summed E-state index contributed by atoms with van der Waals surface area (Å²) in [5.74, 6) is -0.0858. The van der Waals surface area contributed by atoms with E-state index in [-0.39, 0.29) is 5.95 Å². The summed E-state index contributed by atoms with van der Waals surface area (Å²) in [7, 11) is -2.79. The summed E-state index contributed by atoms with van der Waals surface area (Å²) in [5, 5.41) is 9.28. The molecule has 0 aromatic carbocycles. The molecule has 0 aliphatic carbocycles. The van der Waals surface area contributed by atoms with Gasteiger partial charge in [0.2, 0.25) is 0 Å². The molecule has 0 saturated heterocycles. The molecule has 9 heteroatoms. The minimum atomic E-state index is -2.79. The number of urea groups is 1. The average molecular weight is 229 g/mol. The van der Waals surface area contributed by atoms with Crippen LogP contribution in [0, 0.1) is 13.8 Å². The summed E-state index contributed by atoms with van der Waals surface area (Å²) in [6, 6.07) is -1.06. The van der Waals surface area contributed by atoms with Crippen molar-refractivity contribution in [3.8, 4) is 0 Å². The highest BCUT2D eigenvalue weighted by molar-refractivity contribution is 7.62. The highest BCUT2D eigenvalue weighted by Gasteiger charge is 2.05. The molecule has 2 amide bonds. The van der Waals surface area contributed by atoms with Gasteiger partial charge in [0.05, 0.1) is 11.4 Å². The van der Waals surface area contributed by atoms with Crippen LogP contribution in [0.3, 0.4) is 0 Å². The topological polar surface area (TPSA) is 114 Å². The van der Waals surface area contributed by atoms with Gasteiger partial charge >= 0.3 is 16.5 Å². The highest BCUT2D eigenvalue weighted by atomic mass is 32.2. The lowest BCUT2D eigenvalue weighted by molar-refractivity contribution is 0.259. The molecular formula is C6H7N5O3S. The van der Waals surface area contributed by atoms with Gasteiger partial charge in [0.15, 0.2) is 0 Å². The van der Waals surface area contributed by atoms with Gasteiger partial charge in [0, 0.05) is 0 Å². The fraction of sp³-hybridized carbons (Fsp3) is 0.333. The number of anilines is 1. The van der Waals surface area contributed by atoms with E-state index in [1.807, 2.05) is 0 Å². The van der Waals surface area contributed by atoms with Crippen molar-refractivity contribution >= 4 is 22.5 Å². The zero-order chi connectivity index (χ0) is 11.4. The lowest BCUT2D eigenvalue weighted by Gasteiger charge is -2.00. The van der Waals surface area contributed by atoms with Gasteiger partial charge in [-0.25, -0.2) is 9.78 Å². The number of aromatic nitrogens is 3. The molecule has 1 rings (SSSR count). The summed E-state index contributed by atoms with van der Waals surface area (Å²) in [4.78, 5) is 14.7. The van der Waals surface area contributed by atoms with E-state index in [4.69, 9.17) is 0 Å². The van der Waals surface area contributed by atoms with E-state index in [0.29, 0.717) is 11.4 Å². The van der Waals surface area contributed by atoms with Gasteiger partial charge in [-0.1, -0.05) is 4.36 Å². The lowest BCUT2D eigenvalue weighted by atomic mass is 10.4. The van der Waals surface area contributed by atoms with Gasteiger partial charge < -0.3 is 0 Å². The second-order valence-electron chi connectivity index (χ2n) is 2.54. The molecule has 15 heavy (non-hydrogen) atoms.